The predicted molar refractivity (Wildman–Crippen MR) is 79.1 cm³/mol. The van der Waals surface area contributed by atoms with Gasteiger partial charge in [0.25, 0.3) is 5.91 Å². The Kier molecular flexibility index (Phi) is 3.44. The number of nitrogens with one attached hydrogen (secondary N) is 2. The Labute approximate surface area is 120 Å². The molecule has 1 amide bonds. The smallest absolute Gasteiger partial charge is 0.251 e. The highest BCUT2D eigenvalue weighted by Crippen LogP contribution is 2.24. The Morgan fingerprint density at radius 2 is 2.26 bits per heavy atom. The molecule has 0 saturated carbocycles. The molecule has 1 aliphatic heterocycles. The number of anilines is 1. The van der Waals surface area contributed by atoms with E-state index in [1.165, 1.54) is 16.9 Å². The largest absolute Gasteiger partial charge is 0.384 e. The van der Waals surface area contributed by atoms with Gasteiger partial charge in [-0.15, -0.1) is 11.3 Å². The summed E-state index contributed by atoms with van der Waals surface area (Å²) in [5.41, 5.74) is 3.05. The van der Waals surface area contributed by atoms with E-state index in [1.807, 2.05) is 30.3 Å². The van der Waals surface area contributed by atoms with Gasteiger partial charge in [-0.25, -0.2) is 0 Å². The van der Waals surface area contributed by atoms with Crippen molar-refractivity contribution in [2.24, 2.45) is 0 Å². The summed E-state index contributed by atoms with van der Waals surface area (Å²) in [5, 5.41) is 6.18. The Balaban J connectivity index is 1.67. The molecule has 2 heterocycles. The van der Waals surface area contributed by atoms with Crippen molar-refractivity contribution in [2.45, 2.75) is 13.0 Å². The molecule has 1 aliphatic rings. The van der Waals surface area contributed by atoms with Crippen molar-refractivity contribution in [1.29, 1.82) is 0 Å². The van der Waals surface area contributed by atoms with Gasteiger partial charge in [0.2, 0.25) is 0 Å². The van der Waals surface area contributed by atoms with Gasteiger partial charge in [-0.05, 0) is 36.2 Å². The standard InChI is InChI=1S/C14H13ClN2OS/c15-13-4-3-11(19-13)8-17-14(18)10-2-1-9-5-6-16-12(9)7-10/h1-4,7,16H,5-6,8H2,(H,17,18). The van der Waals surface area contributed by atoms with Crippen LogP contribution in [0.1, 0.15) is 20.8 Å². The summed E-state index contributed by atoms with van der Waals surface area (Å²) >= 11 is 7.34. The lowest BCUT2D eigenvalue weighted by Gasteiger charge is -2.06. The summed E-state index contributed by atoms with van der Waals surface area (Å²) in [5.74, 6) is -0.0546. The summed E-state index contributed by atoms with van der Waals surface area (Å²) in [6.07, 6.45) is 1.03. The summed E-state index contributed by atoms with van der Waals surface area (Å²) in [6, 6.07) is 9.58. The Morgan fingerprint density at radius 3 is 3.05 bits per heavy atom. The van der Waals surface area contributed by atoms with Gasteiger partial charge in [0, 0.05) is 22.7 Å². The van der Waals surface area contributed by atoms with E-state index in [0.29, 0.717) is 12.1 Å². The van der Waals surface area contributed by atoms with Crippen LogP contribution in [-0.2, 0) is 13.0 Å². The molecule has 3 nitrogen and oxygen atoms in total. The zero-order valence-corrected chi connectivity index (χ0v) is 11.8. The molecule has 1 aromatic heterocycles. The van der Waals surface area contributed by atoms with Crippen molar-refractivity contribution < 1.29 is 4.79 Å². The number of fused-ring (bicyclic) bond motifs is 1. The summed E-state index contributed by atoms with van der Waals surface area (Å²) < 4.78 is 0.742. The molecule has 0 fully saturated rings. The molecule has 0 radical (unpaired) electrons. The van der Waals surface area contributed by atoms with E-state index >= 15 is 0 Å². The first-order chi connectivity index (χ1) is 9.22. The van der Waals surface area contributed by atoms with Gasteiger partial charge in [0.05, 0.1) is 10.9 Å². The number of hydrogen-bond acceptors (Lipinski definition) is 3. The lowest BCUT2D eigenvalue weighted by molar-refractivity contribution is 0.0951. The van der Waals surface area contributed by atoms with Crippen LogP contribution in [0.25, 0.3) is 0 Å². The quantitative estimate of drug-likeness (QED) is 0.911. The van der Waals surface area contributed by atoms with Crippen molar-refractivity contribution >= 4 is 34.5 Å². The minimum atomic E-state index is -0.0546. The van der Waals surface area contributed by atoms with Crippen molar-refractivity contribution in [3.05, 3.63) is 50.7 Å². The topological polar surface area (TPSA) is 41.1 Å². The van der Waals surface area contributed by atoms with Gasteiger partial charge in [-0.1, -0.05) is 17.7 Å². The van der Waals surface area contributed by atoms with Crippen LogP contribution in [0.3, 0.4) is 0 Å². The second kappa shape index (κ2) is 5.23. The maximum atomic E-state index is 12.1. The fraction of sp³-hybridized carbons (Fsp3) is 0.214. The second-order valence-electron chi connectivity index (χ2n) is 4.44. The zero-order valence-electron chi connectivity index (χ0n) is 10.2. The van der Waals surface area contributed by atoms with E-state index in [4.69, 9.17) is 11.6 Å². The highest BCUT2D eigenvalue weighted by molar-refractivity contribution is 7.16. The highest BCUT2D eigenvalue weighted by Gasteiger charge is 2.13. The molecule has 0 unspecified atom stereocenters. The van der Waals surface area contributed by atoms with Crippen LogP contribution < -0.4 is 10.6 Å². The molecule has 0 saturated heterocycles. The highest BCUT2D eigenvalue weighted by atomic mass is 35.5. The molecular weight excluding hydrogens is 280 g/mol. The molecule has 2 N–H and O–H groups in total. The van der Waals surface area contributed by atoms with E-state index in [9.17, 15) is 4.79 Å². The third-order valence-electron chi connectivity index (χ3n) is 3.13. The van der Waals surface area contributed by atoms with Crippen molar-refractivity contribution in [2.75, 3.05) is 11.9 Å². The van der Waals surface area contributed by atoms with Gasteiger partial charge in [-0.3, -0.25) is 4.79 Å². The van der Waals surface area contributed by atoms with E-state index in [-0.39, 0.29) is 5.91 Å². The maximum absolute atomic E-state index is 12.1. The molecule has 1 aromatic carbocycles. The van der Waals surface area contributed by atoms with Crippen LogP contribution in [0.2, 0.25) is 4.34 Å². The molecule has 2 aromatic rings. The summed E-state index contributed by atoms with van der Waals surface area (Å²) in [4.78, 5) is 13.1. The Hall–Kier alpha value is -1.52. The number of rotatable bonds is 3. The number of carbonyl (C=O) groups is 1. The van der Waals surface area contributed by atoms with Crippen LogP contribution >= 0.6 is 22.9 Å². The Morgan fingerprint density at radius 1 is 1.37 bits per heavy atom. The number of halogens is 1. The summed E-state index contributed by atoms with van der Waals surface area (Å²) in [6.45, 7) is 1.47. The Bertz CT molecular complexity index is 624. The average molecular weight is 293 g/mol. The monoisotopic (exact) mass is 292 g/mol. The second-order valence-corrected chi connectivity index (χ2v) is 6.24. The SMILES string of the molecule is O=C(NCc1ccc(Cl)s1)c1ccc2c(c1)NCC2. The third-order valence-corrected chi connectivity index (χ3v) is 4.37. The molecule has 98 valence electrons. The number of carbonyl (C=O) groups excluding carboxylic acids is 1. The average Bonchev–Trinajstić information content (AvgIpc) is 3.03. The minimum Gasteiger partial charge on any atom is -0.384 e. The van der Waals surface area contributed by atoms with Crippen LogP contribution in [0, 0.1) is 0 Å². The minimum absolute atomic E-state index is 0.0546. The predicted octanol–water partition coefficient (Wildman–Crippen LogP) is 3.30. The number of benzene rings is 1. The first kappa shape index (κ1) is 12.5. The van der Waals surface area contributed by atoms with Crippen molar-refractivity contribution in [1.82, 2.24) is 5.32 Å². The molecule has 0 atom stereocenters. The number of amides is 1. The van der Waals surface area contributed by atoms with Crippen LogP contribution in [0.15, 0.2) is 30.3 Å². The molecule has 0 spiro atoms. The van der Waals surface area contributed by atoms with Gasteiger partial charge in [0.1, 0.15) is 0 Å². The van der Waals surface area contributed by atoms with E-state index in [2.05, 4.69) is 10.6 Å². The lowest BCUT2D eigenvalue weighted by Crippen LogP contribution is -2.22. The van der Waals surface area contributed by atoms with Gasteiger partial charge in [-0.2, -0.15) is 0 Å². The fourth-order valence-electron chi connectivity index (χ4n) is 2.15. The molecule has 5 heteroatoms. The molecule has 0 aliphatic carbocycles. The first-order valence-electron chi connectivity index (χ1n) is 6.11. The summed E-state index contributed by atoms with van der Waals surface area (Å²) in [7, 11) is 0. The molecule has 19 heavy (non-hydrogen) atoms. The lowest BCUT2D eigenvalue weighted by atomic mass is 10.1. The van der Waals surface area contributed by atoms with Crippen molar-refractivity contribution in [3.8, 4) is 0 Å². The molecule has 0 bridgehead atoms. The van der Waals surface area contributed by atoms with Gasteiger partial charge < -0.3 is 10.6 Å². The van der Waals surface area contributed by atoms with Gasteiger partial charge in [0.15, 0.2) is 0 Å². The van der Waals surface area contributed by atoms with Crippen molar-refractivity contribution in [3.63, 3.8) is 0 Å². The molecule has 3 rings (SSSR count). The first-order valence-corrected chi connectivity index (χ1v) is 7.31. The number of thiophene rings is 1. The van der Waals surface area contributed by atoms with Crippen LogP contribution in [-0.4, -0.2) is 12.5 Å². The normalized spacial score (nSPS) is 12.9. The van der Waals surface area contributed by atoms with E-state index < -0.39 is 0 Å². The fourth-order valence-corrected chi connectivity index (χ4v) is 3.18. The number of hydrogen-bond donors (Lipinski definition) is 2. The van der Waals surface area contributed by atoms with E-state index in [1.54, 1.807) is 0 Å². The third kappa shape index (κ3) is 2.74. The molecular formula is C14H13ClN2OS. The van der Waals surface area contributed by atoms with E-state index in [0.717, 1.165) is 27.9 Å². The maximum Gasteiger partial charge on any atom is 0.251 e. The zero-order chi connectivity index (χ0) is 13.2. The van der Waals surface area contributed by atoms with Crippen LogP contribution in [0.5, 0.6) is 0 Å². The van der Waals surface area contributed by atoms with Crippen LogP contribution in [0.4, 0.5) is 5.69 Å². The van der Waals surface area contributed by atoms with Gasteiger partial charge >= 0.3 is 0 Å².